The molecule has 128 valence electrons. The Balaban J connectivity index is 2.39. The van der Waals surface area contributed by atoms with Gasteiger partial charge in [-0.1, -0.05) is 6.07 Å². The van der Waals surface area contributed by atoms with Crippen LogP contribution in [-0.4, -0.2) is 62.9 Å². The number of rotatable bonds is 5. The van der Waals surface area contributed by atoms with Crippen LogP contribution in [0.2, 0.25) is 0 Å². The van der Waals surface area contributed by atoms with E-state index in [0.717, 1.165) is 0 Å². The first-order chi connectivity index (χ1) is 10.9. The maximum absolute atomic E-state index is 12.8. The highest BCUT2D eigenvalue weighted by atomic mass is 32.2. The number of carbonyl (C=O) groups is 1. The molecule has 0 unspecified atom stereocenters. The molecule has 1 amide bonds. The minimum absolute atomic E-state index is 0.145. The Morgan fingerprint density at radius 1 is 1.22 bits per heavy atom. The molecule has 0 aromatic heterocycles. The van der Waals surface area contributed by atoms with Crippen molar-refractivity contribution in [1.82, 2.24) is 9.21 Å². The summed E-state index contributed by atoms with van der Waals surface area (Å²) in [5, 5.41) is 0. The molecule has 0 radical (unpaired) electrons. The molecule has 0 spiro atoms. The van der Waals surface area contributed by atoms with Crippen molar-refractivity contribution < 1.29 is 17.9 Å². The van der Waals surface area contributed by atoms with Crippen LogP contribution in [0.5, 0.6) is 0 Å². The lowest BCUT2D eigenvalue weighted by Gasteiger charge is -2.27. The molecule has 7 heteroatoms. The van der Waals surface area contributed by atoms with Gasteiger partial charge in [0.2, 0.25) is 10.0 Å². The number of sulfonamides is 1. The standard InChI is InChI=1S/C16H24N2O4S/c1-4-17(5-2)16(19)14-7-6-13(3)15(12-14)23(20,21)18-8-10-22-11-9-18/h6-7,12H,4-5,8-11H2,1-3H3. The van der Waals surface area contributed by atoms with Gasteiger partial charge in [0.1, 0.15) is 0 Å². The molecule has 0 N–H and O–H groups in total. The third kappa shape index (κ3) is 3.73. The van der Waals surface area contributed by atoms with E-state index in [4.69, 9.17) is 4.74 Å². The fraction of sp³-hybridized carbons (Fsp3) is 0.562. The Bertz CT molecular complexity index is 663. The summed E-state index contributed by atoms with van der Waals surface area (Å²) < 4.78 is 32.3. The van der Waals surface area contributed by atoms with Crippen molar-refractivity contribution in [1.29, 1.82) is 0 Å². The van der Waals surface area contributed by atoms with Crippen molar-refractivity contribution in [3.8, 4) is 0 Å². The number of ether oxygens (including phenoxy) is 1. The maximum atomic E-state index is 12.8. The molecule has 1 aliphatic heterocycles. The van der Waals surface area contributed by atoms with E-state index >= 15 is 0 Å². The summed E-state index contributed by atoms with van der Waals surface area (Å²) in [6.07, 6.45) is 0. The van der Waals surface area contributed by atoms with Gasteiger partial charge < -0.3 is 9.64 Å². The number of hydrogen-bond acceptors (Lipinski definition) is 4. The second kappa shape index (κ2) is 7.42. The topological polar surface area (TPSA) is 66.9 Å². The molecule has 1 heterocycles. The van der Waals surface area contributed by atoms with Gasteiger partial charge in [-0.25, -0.2) is 8.42 Å². The number of amides is 1. The predicted molar refractivity (Wildman–Crippen MR) is 88.0 cm³/mol. The molecule has 2 rings (SSSR count). The lowest BCUT2D eigenvalue weighted by atomic mass is 10.1. The average molecular weight is 340 g/mol. The highest BCUT2D eigenvalue weighted by Gasteiger charge is 2.28. The highest BCUT2D eigenvalue weighted by Crippen LogP contribution is 2.23. The lowest BCUT2D eigenvalue weighted by Crippen LogP contribution is -2.41. The zero-order valence-electron chi connectivity index (χ0n) is 13.9. The summed E-state index contributed by atoms with van der Waals surface area (Å²) in [5.74, 6) is -0.145. The molecule has 1 fully saturated rings. The number of morpholine rings is 1. The zero-order chi connectivity index (χ0) is 17.0. The number of benzene rings is 1. The second-order valence-corrected chi connectivity index (χ2v) is 7.38. The molecule has 1 aromatic rings. The van der Waals surface area contributed by atoms with E-state index in [9.17, 15) is 13.2 Å². The Morgan fingerprint density at radius 3 is 2.39 bits per heavy atom. The van der Waals surface area contributed by atoms with E-state index < -0.39 is 10.0 Å². The van der Waals surface area contributed by atoms with Crippen molar-refractivity contribution in [3.63, 3.8) is 0 Å². The van der Waals surface area contributed by atoms with Gasteiger partial charge in [-0.15, -0.1) is 0 Å². The summed E-state index contributed by atoms with van der Waals surface area (Å²) >= 11 is 0. The molecule has 0 saturated carbocycles. The number of hydrogen-bond donors (Lipinski definition) is 0. The summed E-state index contributed by atoms with van der Waals surface area (Å²) in [6.45, 7) is 8.23. The van der Waals surface area contributed by atoms with Crippen LogP contribution in [0.15, 0.2) is 23.1 Å². The molecule has 0 aliphatic carbocycles. The maximum Gasteiger partial charge on any atom is 0.253 e. The number of carbonyl (C=O) groups excluding carboxylic acids is 1. The summed E-state index contributed by atoms with van der Waals surface area (Å²) in [7, 11) is -3.61. The zero-order valence-corrected chi connectivity index (χ0v) is 14.7. The van der Waals surface area contributed by atoms with Gasteiger partial charge >= 0.3 is 0 Å². The molecule has 0 bridgehead atoms. The minimum atomic E-state index is -3.61. The summed E-state index contributed by atoms with van der Waals surface area (Å²) in [4.78, 5) is 14.4. The Labute approximate surface area is 138 Å². The summed E-state index contributed by atoms with van der Waals surface area (Å²) in [6, 6.07) is 4.89. The molecule has 1 aromatic carbocycles. The van der Waals surface area contributed by atoms with Crippen LogP contribution in [-0.2, 0) is 14.8 Å². The highest BCUT2D eigenvalue weighted by molar-refractivity contribution is 7.89. The van der Waals surface area contributed by atoms with Crippen molar-refractivity contribution in [2.45, 2.75) is 25.7 Å². The van der Waals surface area contributed by atoms with Crippen molar-refractivity contribution in [2.75, 3.05) is 39.4 Å². The van der Waals surface area contributed by atoms with Crippen LogP contribution in [0, 0.1) is 6.92 Å². The SMILES string of the molecule is CCN(CC)C(=O)c1ccc(C)c(S(=O)(=O)N2CCOCC2)c1. The predicted octanol–water partition coefficient (Wildman–Crippen LogP) is 1.50. The molecule has 1 aliphatic rings. The van der Waals surface area contributed by atoms with Crippen LogP contribution >= 0.6 is 0 Å². The average Bonchev–Trinajstić information content (AvgIpc) is 2.57. The second-order valence-electron chi connectivity index (χ2n) is 5.47. The normalized spacial score (nSPS) is 16.3. The van der Waals surface area contributed by atoms with Crippen molar-refractivity contribution in [3.05, 3.63) is 29.3 Å². The monoisotopic (exact) mass is 340 g/mol. The molecule has 1 saturated heterocycles. The third-order valence-corrected chi connectivity index (χ3v) is 6.11. The third-order valence-electron chi connectivity index (χ3n) is 4.07. The molecule has 23 heavy (non-hydrogen) atoms. The van der Waals surface area contributed by atoms with Crippen LogP contribution in [0.3, 0.4) is 0 Å². The first-order valence-corrected chi connectivity index (χ1v) is 9.33. The van der Waals surface area contributed by atoms with Crippen LogP contribution in [0.4, 0.5) is 0 Å². The van der Waals surface area contributed by atoms with Gasteiger partial charge in [0.05, 0.1) is 18.1 Å². The van der Waals surface area contributed by atoms with Crippen LogP contribution < -0.4 is 0 Å². The quantitative estimate of drug-likeness (QED) is 0.815. The van der Waals surface area contributed by atoms with E-state index in [2.05, 4.69) is 0 Å². The van der Waals surface area contributed by atoms with E-state index in [0.29, 0.717) is 50.5 Å². The molecule has 6 nitrogen and oxygen atoms in total. The van der Waals surface area contributed by atoms with E-state index in [1.165, 1.54) is 10.4 Å². The Hall–Kier alpha value is -1.44. The van der Waals surface area contributed by atoms with Crippen molar-refractivity contribution >= 4 is 15.9 Å². The fourth-order valence-electron chi connectivity index (χ4n) is 2.63. The van der Waals surface area contributed by atoms with Gasteiger partial charge in [0, 0.05) is 31.7 Å². The Kier molecular flexibility index (Phi) is 5.78. The van der Waals surface area contributed by atoms with E-state index in [1.54, 1.807) is 24.0 Å². The van der Waals surface area contributed by atoms with Crippen LogP contribution in [0.25, 0.3) is 0 Å². The van der Waals surface area contributed by atoms with Gasteiger partial charge in [-0.05, 0) is 38.5 Å². The smallest absolute Gasteiger partial charge is 0.253 e. The fourth-order valence-corrected chi connectivity index (χ4v) is 4.29. The van der Waals surface area contributed by atoms with Crippen molar-refractivity contribution in [2.24, 2.45) is 0 Å². The van der Waals surface area contributed by atoms with Crippen LogP contribution in [0.1, 0.15) is 29.8 Å². The minimum Gasteiger partial charge on any atom is -0.379 e. The van der Waals surface area contributed by atoms with E-state index in [1.807, 2.05) is 13.8 Å². The molecular weight excluding hydrogens is 316 g/mol. The first-order valence-electron chi connectivity index (χ1n) is 7.89. The number of aryl methyl sites for hydroxylation is 1. The summed E-state index contributed by atoms with van der Waals surface area (Å²) in [5.41, 5.74) is 1.05. The first kappa shape index (κ1) is 17.9. The van der Waals surface area contributed by atoms with Gasteiger partial charge in [0.25, 0.3) is 5.91 Å². The molecular formula is C16H24N2O4S. The van der Waals surface area contributed by atoms with Gasteiger partial charge in [0.15, 0.2) is 0 Å². The van der Waals surface area contributed by atoms with E-state index in [-0.39, 0.29) is 10.8 Å². The largest absolute Gasteiger partial charge is 0.379 e. The Morgan fingerprint density at radius 2 is 1.83 bits per heavy atom. The lowest BCUT2D eigenvalue weighted by molar-refractivity contribution is 0.0729. The number of nitrogens with zero attached hydrogens (tertiary/aromatic N) is 2. The van der Waals surface area contributed by atoms with Gasteiger partial charge in [-0.3, -0.25) is 4.79 Å². The van der Waals surface area contributed by atoms with Gasteiger partial charge in [-0.2, -0.15) is 4.31 Å². The molecule has 0 atom stereocenters.